The number of hydrogen-bond acceptors (Lipinski definition) is 2. The minimum Gasteiger partial charge on any atom is -0.505 e. The number of hydrogen-bond donors (Lipinski definition) is 0. The normalized spacial score (nSPS) is 11.0. The Bertz CT molecular complexity index is 477. The fourth-order valence-corrected chi connectivity index (χ4v) is 1.53. The van der Waals surface area contributed by atoms with Gasteiger partial charge in [0.2, 0.25) is 0 Å². The predicted octanol–water partition coefficient (Wildman–Crippen LogP) is 2.94. The first-order valence-corrected chi connectivity index (χ1v) is 4.91. The van der Waals surface area contributed by atoms with E-state index in [2.05, 4.69) is 23.2 Å². The molecular formula is C13H13NO. The number of pyridine rings is 1. The van der Waals surface area contributed by atoms with E-state index in [-0.39, 0.29) is 0 Å². The highest BCUT2D eigenvalue weighted by Crippen LogP contribution is 2.13. The van der Waals surface area contributed by atoms with Crippen molar-refractivity contribution in [3.05, 3.63) is 54.4 Å². The molecule has 0 aliphatic heterocycles. The van der Waals surface area contributed by atoms with Crippen molar-refractivity contribution in [3.8, 4) is 0 Å². The Morgan fingerprint density at radius 2 is 2.27 bits per heavy atom. The van der Waals surface area contributed by atoms with Crippen molar-refractivity contribution in [3.63, 3.8) is 0 Å². The van der Waals surface area contributed by atoms with Gasteiger partial charge in [-0.15, -0.1) is 0 Å². The number of methoxy groups -OCH3 is 1. The molecule has 1 heterocycles. The molecule has 0 saturated carbocycles. The average Bonchev–Trinajstić information content (AvgIpc) is 2.29. The maximum absolute atomic E-state index is 4.86. The van der Waals surface area contributed by atoms with Crippen LogP contribution in [0.2, 0.25) is 0 Å². The van der Waals surface area contributed by atoms with Crippen LogP contribution < -0.4 is 0 Å². The molecule has 76 valence electrons. The molecule has 0 N–H and O–H groups in total. The zero-order valence-electron chi connectivity index (χ0n) is 8.68. The number of ether oxygens (including phenoxy) is 1. The highest BCUT2D eigenvalue weighted by molar-refractivity contribution is 5.78. The van der Waals surface area contributed by atoms with E-state index < -0.39 is 0 Å². The Morgan fingerprint density at radius 1 is 1.33 bits per heavy atom. The SMILES string of the molecule is COC=CCc1ccc2ncccc2c1. The summed E-state index contributed by atoms with van der Waals surface area (Å²) in [6.07, 6.45) is 6.40. The molecule has 2 aromatic rings. The number of allylic oxidation sites excluding steroid dienone is 1. The Morgan fingerprint density at radius 3 is 3.13 bits per heavy atom. The largest absolute Gasteiger partial charge is 0.505 e. The summed E-state index contributed by atoms with van der Waals surface area (Å²) >= 11 is 0. The summed E-state index contributed by atoms with van der Waals surface area (Å²) in [5.74, 6) is 0. The van der Waals surface area contributed by atoms with E-state index in [0.717, 1.165) is 11.9 Å². The molecule has 0 fully saturated rings. The van der Waals surface area contributed by atoms with E-state index in [0.29, 0.717) is 0 Å². The van der Waals surface area contributed by atoms with E-state index in [4.69, 9.17) is 4.74 Å². The highest BCUT2D eigenvalue weighted by Gasteiger charge is 1.94. The zero-order chi connectivity index (χ0) is 10.5. The molecule has 1 aromatic heterocycles. The fraction of sp³-hybridized carbons (Fsp3) is 0.154. The number of fused-ring (bicyclic) bond motifs is 1. The van der Waals surface area contributed by atoms with Crippen molar-refractivity contribution in [1.82, 2.24) is 4.98 Å². The monoisotopic (exact) mass is 199 g/mol. The van der Waals surface area contributed by atoms with E-state index in [1.54, 1.807) is 13.4 Å². The van der Waals surface area contributed by atoms with E-state index >= 15 is 0 Å². The van der Waals surface area contributed by atoms with Gasteiger partial charge in [-0.1, -0.05) is 12.1 Å². The Labute approximate surface area is 89.2 Å². The number of benzene rings is 1. The molecule has 0 bridgehead atoms. The van der Waals surface area contributed by atoms with Crippen LogP contribution in [0.15, 0.2) is 48.9 Å². The van der Waals surface area contributed by atoms with E-state index in [9.17, 15) is 0 Å². The van der Waals surface area contributed by atoms with Crippen LogP contribution in [0.3, 0.4) is 0 Å². The van der Waals surface area contributed by atoms with E-state index in [1.165, 1.54) is 10.9 Å². The van der Waals surface area contributed by atoms with Gasteiger partial charge in [0.15, 0.2) is 0 Å². The summed E-state index contributed by atoms with van der Waals surface area (Å²) in [7, 11) is 1.65. The maximum atomic E-state index is 4.86. The maximum Gasteiger partial charge on any atom is 0.0788 e. The van der Waals surface area contributed by atoms with E-state index in [1.807, 2.05) is 24.4 Å². The molecule has 0 aliphatic rings. The predicted molar refractivity (Wildman–Crippen MR) is 61.6 cm³/mol. The van der Waals surface area contributed by atoms with Crippen molar-refractivity contribution < 1.29 is 4.74 Å². The summed E-state index contributed by atoms with van der Waals surface area (Å²) in [6, 6.07) is 10.3. The van der Waals surface area contributed by atoms with Crippen LogP contribution in [0.1, 0.15) is 5.56 Å². The topological polar surface area (TPSA) is 22.1 Å². The summed E-state index contributed by atoms with van der Waals surface area (Å²) in [6.45, 7) is 0. The highest BCUT2D eigenvalue weighted by atomic mass is 16.5. The van der Waals surface area contributed by atoms with Crippen LogP contribution in [-0.4, -0.2) is 12.1 Å². The molecule has 2 heteroatoms. The molecule has 0 radical (unpaired) electrons. The zero-order valence-corrected chi connectivity index (χ0v) is 8.68. The lowest BCUT2D eigenvalue weighted by molar-refractivity contribution is 0.337. The summed E-state index contributed by atoms with van der Waals surface area (Å²) < 4.78 is 4.86. The third kappa shape index (κ3) is 2.34. The van der Waals surface area contributed by atoms with Gasteiger partial charge in [0.05, 0.1) is 18.9 Å². The Balaban J connectivity index is 2.26. The molecular weight excluding hydrogens is 186 g/mol. The first kappa shape index (κ1) is 9.71. The van der Waals surface area contributed by atoms with Crippen molar-refractivity contribution >= 4 is 10.9 Å². The summed E-state index contributed by atoms with van der Waals surface area (Å²) in [4.78, 5) is 4.28. The third-order valence-electron chi connectivity index (χ3n) is 2.25. The number of aromatic nitrogens is 1. The molecule has 0 saturated heterocycles. The standard InChI is InChI=1S/C13H13NO/c1-15-9-3-4-11-6-7-13-12(10-11)5-2-8-14-13/h2-3,5-10H,4H2,1H3. The van der Waals surface area contributed by atoms with Crippen molar-refractivity contribution in [2.24, 2.45) is 0 Å². The fourth-order valence-electron chi connectivity index (χ4n) is 1.53. The molecule has 0 spiro atoms. The summed E-state index contributed by atoms with van der Waals surface area (Å²) in [5.41, 5.74) is 2.31. The lowest BCUT2D eigenvalue weighted by atomic mass is 10.1. The number of nitrogens with zero attached hydrogens (tertiary/aromatic N) is 1. The van der Waals surface area contributed by atoms with Gasteiger partial charge in [-0.3, -0.25) is 4.98 Å². The second-order valence-corrected chi connectivity index (χ2v) is 3.34. The molecule has 0 amide bonds. The Hall–Kier alpha value is -1.83. The van der Waals surface area contributed by atoms with Crippen molar-refractivity contribution in [2.45, 2.75) is 6.42 Å². The van der Waals surface area contributed by atoms with Gasteiger partial charge in [0.25, 0.3) is 0 Å². The smallest absolute Gasteiger partial charge is 0.0788 e. The third-order valence-corrected chi connectivity index (χ3v) is 2.25. The molecule has 0 aliphatic carbocycles. The van der Waals surface area contributed by atoms with Gasteiger partial charge < -0.3 is 4.74 Å². The molecule has 2 nitrogen and oxygen atoms in total. The molecule has 0 unspecified atom stereocenters. The van der Waals surface area contributed by atoms with Gasteiger partial charge in [-0.2, -0.15) is 0 Å². The quantitative estimate of drug-likeness (QED) is 0.709. The molecule has 0 atom stereocenters. The minimum absolute atomic E-state index is 0.888. The lowest BCUT2D eigenvalue weighted by Crippen LogP contribution is -1.83. The molecule has 1 aromatic carbocycles. The van der Waals surface area contributed by atoms with Crippen LogP contribution in [0, 0.1) is 0 Å². The van der Waals surface area contributed by atoms with Gasteiger partial charge in [0, 0.05) is 11.6 Å². The van der Waals surface area contributed by atoms with Crippen molar-refractivity contribution in [2.75, 3.05) is 7.11 Å². The van der Waals surface area contributed by atoms with Crippen LogP contribution in [0.5, 0.6) is 0 Å². The Kier molecular flexibility index (Phi) is 2.98. The van der Waals surface area contributed by atoms with Gasteiger partial charge >= 0.3 is 0 Å². The first-order valence-electron chi connectivity index (χ1n) is 4.91. The first-order chi connectivity index (χ1) is 7.40. The number of rotatable bonds is 3. The molecule has 15 heavy (non-hydrogen) atoms. The van der Waals surface area contributed by atoms with Gasteiger partial charge in [-0.05, 0) is 36.3 Å². The lowest BCUT2D eigenvalue weighted by Gasteiger charge is -1.99. The van der Waals surface area contributed by atoms with Gasteiger partial charge in [-0.25, -0.2) is 0 Å². The van der Waals surface area contributed by atoms with Crippen LogP contribution in [-0.2, 0) is 11.2 Å². The minimum atomic E-state index is 0.888. The van der Waals surface area contributed by atoms with Crippen LogP contribution >= 0.6 is 0 Å². The second-order valence-electron chi connectivity index (χ2n) is 3.34. The average molecular weight is 199 g/mol. The van der Waals surface area contributed by atoms with Crippen LogP contribution in [0.25, 0.3) is 10.9 Å². The van der Waals surface area contributed by atoms with Crippen LogP contribution in [0.4, 0.5) is 0 Å². The van der Waals surface area contributed by atoms with Crippen molar-refractivity contribution in [1.29, 1.82) is 0 Å². The van der Waals surface area contributed by atoms with Gasteiger partial charge in [0.1, 0.15) is 0 Å². The molecule has 2 rings (SSSR count). The summed E-state index contributed by atoms with van der Waals surface area (Å²) in [5, 5.41) is 1.18. The second kappa shape index (κ2) is 4.60.